The Labute approximate surface area is 71.3 Å². The van der Waals surface area contributed by atoms with Gasteiger partial charge in [0.2, 0.25) is 5.91 Å². The average molecular weight is 165 g/mol. The third-order valence-corrected chi connectivity index (χ3v) is 1.47. The van der Waals surface area contributed by atoms with Crippen molar-refractivity contribution >= 4 is 5.91 Å². The largest absolute Gasteiger partial charge is 0.349 e. The molecular formula is C8H11N3O. The van der Waals surface area contributed by atoms with Gasteiger partial charge in [0.1, 0.15) is 6.33 Å². The van der Waals surface area contributed by atoms with Gasteiger partial charge < -0.3 is 4.90 Å². The molecule has 64 valence electrons. The lowest BCUT2D eigenvalue weighted by molar-refractivity contribution is -0.127. The average Bonchev–Trinajstić information content (AvgIpc) is 2.06. The van der Waals surface area contributed by atoms with Crippen molar-refractivity contribution in [2.24, 2.45) is 0 Å². The summed E-state index contributed by atoms with van der Waals surface area (Å²) in [4.78, 5) is 20.4. The minimum absolute atomic E-state index is 0.0600. The Morgan fingerprint density at radius 3 is 2.50 bits per heavy atom. The zero-order valence-corrected chi connectivity index (χ0v) is 7.19. The second-order valence-corrected chi connectivity index (χ2v) is 2.71. The molecule has 1 heterocycles. The van der Waals surface area contributed by atoms with Crippen LogP contribution in [0.4, 0.5) is 0 Å². The highest BCUT2D eigenvalue weighted by molar-refractivity contribution is 5.77. The van der Waals surface area contributed by atoms with Gasteiger partial charge in [-0.15, -0.1) is 0 Å². The summed E-state index contributed by atoms with van der Waals surface area (Å²) in [5, 5.41) is 0. The van der Waals surface area contributed by atoms with E-state index in [0.29, 0.717) is 6.42 Å². The first-order chi connectivity index (χ1) is 5.70. The predicted molar refractivity (Wildman–Crippen MR) is 44.4 cm³/mol. The number of aromatic nitrogens is 2. The van der Waals surface area contributed by atoms with Crippen LogP contribution in [0.25, 0.3) is 0 Å². The van der Waals surface area contributed by atoms with Gasteiger partial charge >= 0.3 is 0 Å². The second kappa shape index (κ2) is 3.80. The SMILES string of the molecule is CN(C)C(=O)Cc1cncnc1. The summed E-state index contributed by atoms with van der Waals surface area (Å²) >= 11 is 0. The van der Waals surface area contributed by atoms with Crippen LogP contribution in [-0.4, -0.2) is 34.9 Å². The van der Waals surface area contributed by atoms with Gasteiger partial charge in [0, 0.05) is 26.5 Å². The molecule has 0 spiro atoms. The smallest absolute Gasteiger partial charge is 0.226 e. The summed E-state index contributed by atoms with van der Waals surface area (Å²) in [6.45, 7) is 0. The molecule has 0 radical (unpaired) electrons. The second-order valence-electron chi connectivity index (χ2n) is 2.71. The molecule has 0 aliphatic rings. The minimum atomic E-state index is 0.0600. The van der Waals surface area contributed by atoms with Crippen molar-refractivity contribution in [1.82, 2.24) is 14.9 Å². The van der Waals surface area contributed by atoms with Crippen molar-refractivity contribution in [3.05, 3.63) is 24.3 Å². The fraction of sp³-hybridized carbons (Fsp3) is 0.375. The van der Waals surface area contributed by atoms with Crippen molar-refractivity contribution in [3.8, 4) is 0 Å². The van der Waals surface area contributed by atoms with Gasteiger partial charge in [0.05, 0.1) is 6.42 Å². The van der Waals surface area contributed by atoms with Crippen LogP contribution in [0.15, 0.2) is 18.7 Å². The van der Waals surface area contributed by atoms with Crippen LogP contribution in [0, 0.1) is 0 Å². The number of rotatable bonds is 2. The fourth-order valence-electron chi connectivity index (χ4n) is 0.754. The maximum Gasteiger partial charge on any atom is 0.226 e. The summed E-state index contributed by atoms with van der Waals surface area (Å²) in [7, 11) is 3.46. The van der Waals surface area contributed by atoms with Crippen LogP contribution >= 0.6 is 0 Å². The summed E-state index contributed by atoms with van der Waals surface area (Å²) in [5.41, 5.74) is 0.844. The highest BCUT2D eigenvalue weighted by Gasteiger charge is 2.04. The van der Waals surface area contributed by atoms with Crippen molar-refractivity contribution in [3.63, 3.8) is 0 Å². The topological polar surface area (TPSA) is 46.1 Å². The number of hydrogen-bond acceptors (Lipinski definition) is 3. The molecule has 0 bridgehead atoms. The van der Waals surface area contributed by atoms with Crippen LogP contribution < -0.4 is 0 Å². The molecule has 0 aliphatic carbocycles. The van der Waals surface area contributed by atoms with E-state index < -0.39 is 0 Å². The first-order valence-electron chi connectivity index (χ1n) is 3.64. The van der Waals surface area contributed by atoms with E-state index in [4.69, 9.17) is 0 Å². The highest BCUT2D eigenvalue weighted by Crippen LogP contribution is 1.96. The fourth-order valence-corrected chi connectivity index (χ4v) is 0.754. The number of amides is 1. The molecule has 0 aliphatic heterocycles. The molecule has 0 saturated carbocycles. The number of carbonyl (C=O) groups is 1. The van der Waals surface area contributed by atoms with Gasteiger partial charge in [-0.05, 0) is 5.56 Å². The Balaban J connectivity index is 2.59. The molecule has 1 aromatic heterocycles. The van der Waals surface area contributed by atoms with Crippen LogP contribution in [0.5, 0.6) is 0 Å². The molecule has 4 heteroatoms. The molecule has 0 unspecified atom stereocenters. The van der Waals surface area contributed by atoms with Crippen LogP contribution in [0.1, 0.15) is 5.56 Å². The van der Waals surface area contributed by atoms with E-state index in [-0.39, 0.29) is 5.91 Å². The Bertz CT molecular complexity index is 258. The third-order valence-electron chi connectivity index (χ3n) is 1.47. The van der Waals surface area contributed by atoms with Crippen molar-refractivity contribution in [2.75, 3.05) is 14.1 Å². The molecule has 4 nitrogen and oxygen atoms in total. The quantitative estimate of drug-likeness (QED) is 0.624. The predicted octanol–water partition coefficient (Wildman–Crippen LogP) is 0.107. The lowest BCUT2D eigenvalue weighted by Crippen LogP contribution is -2.23. The van der Waals surface area contributed by atoms with Gasteiger partial charge in [-0.1, -0.05) is 0 Å². The van der Waals surface area contributed by atoms with Gasteiger partial charge in [-0.3, -0.25) is 4.79 Å². The van der Waals surface area contributed by atoms with Gasteiger partial charge in [0.25, 0.3) is 0 Å². The monoisotopic (exact) mass is 165 g/mol. The Hall–Kier alpha value is -1.45. The molecule has 1 rings (SSSR count). The molecule has 0 saturated heterocycles. The molecule has 12 heavy (non-hydrogen) atoms. The van der Waals surface area contributed by atoms with Crippen LogP contribution in [0.2, 0.25) is 0 Å². The molecule has 0 atom stereocenters. The molecule has 1 amide bonds. The van der Waals surface area contributed by atoms with E-state index in [1.807, 2.05) is 0 Å². The molecule has 0 fully saturated rings. The molecule has 0 N–H and O–H groups in total. The van der Waals surface area contributed by atoms with E-state index in [9.17, 15) is 4.79 Å². The number of carbonyl (C=O) groups excluding carboxylic acids is 1. The normalized spacial score (nSPS) is 9.50. The van der Waals surface area contributed by atoms with Gasteiger partial charge in [-0.25, -0.2) is 9.97 Å². The minimum Gasteiger partial charge on any atom is -0.349 e. The van der Waals surface area contributed by atoms with E-state index in [0.717, 1.165) is 5.56 Å². The van der Waals surface area contributed by atoms with E-state index in [1.54, 1.807) is 31.4 Å². The summed E-state index contributed by atoms with van der Waals surface area (Å²) in [6, 6.07) is 0. The van der Waals surface area contributed by atoms with Crippen LogP contribution in [0.3, 0.4) is 0 Å². The standard InChI is InChI=1S/C8H11N3O/c1-11(2)8(12)3-7-4-9-6-10-5-7/h4-6H,3H2,1-2H3. The zero-order chi connectivity index (χ0) is 8.97. The number of likely N-dealkylation sites (N-methyl/N-ethyl adjacent to an activating group) is 1. The van der Waals surface area contributed by atoms with E-state index >= 15 is 0 Å². The lowest BCUT2D eigenvalue weighted by Gasteiger charge is -2.08. The molecule has 0 aromatic carbocycles. The van der Waals surface area contributed by atoms with Gasteiger partial charge in [-0.2, -0.15) is 0 Å². The Kier molecular flexibility index (Phi) is 2.74. The van der Waals surface area contributed by atoms with Crippen molar-refractivity contribution in [1.29, 1.82) is 0 Å². The summed E-state index contributed by atoms with van der Waals surface area (Å²) in [6.07, 6.45) is 5.11. The van der Waals surface area contributed by atoms with Gasteiger partial charge in [0.15, 0.2) is 0 Å². The van der Waals surface area contributed by atoms with Crippen molar-refractivity contribution < 1.29 is 4.79 Å². The van der Waals surface area contributed by atoms with Crippen LogP contribution in [-0.2, 0) is 11.2 Å². The van der Waals surface area contributed by atoms with E-state index in [1.165, 1.54) is 6.33 Å². The highest BCUT2D eigenvalue weighted by atomic mass is 16.2. The Morgan fingerprint density at radius 2 is 2.00 bits per heavy atom. The van der Waals surface area contributed by atoms with E-state index in [2.05, 4.69) is 9.97 Å². The molecule has 1 aromatic rings. The Morgan fingerprint density at radius 1 is 1.42 bits per heavy atom. The summed E-state index contributed by atoms with van der Waals surface area (Å²) < 4.78 is 0. The first-order valence-corrected chi connectivity index (χ1v) is 3.64. The number of hydrogen-bond donors (Lipinski definition) is 0. The molecular weight excluding hydrogens is 154 g/mol. The maximum absolute atomic E-state index is 11.2. The summed E-state index contributed by atoms with van der Waals surface area (Å²) in [5.74, 6) is 0.0600. The zero-order valence-electron chi connectivity index (χ0n) is 7.19. The maximum atomic E-state index is 11.2. The third kappa shape index (κ3) is 2.30. The lowest BCUT2D eigenvalue weighted by atomic mass is 10.2. The van der Waals surface area contributed by atoms with Crippen molar-refractivity contribution in [2.45, 2.75) is 6.42 Å². The number of nitrogens with zero attached hydrogens (tertiary/aromatic N) is 3. The first kappa shape index (κ1) is 8.64.